The zero-order chi connectivity index (χ0) is 14.1. The van der Waals surface area contributed by atoms with Crippen LogP contribution in [-0.4, -0.2) is 18.0 Å². The van der Waals surface area contributed by atoms with Crippen LogP contribution in [0, 0.1) is 6.92 Å². The molecule has 0 fully saturated rings. The Morgan fingerprint density at radius 1 is 1.35 bits per heavy atom. The summed E-state index contributed by atoms with van der Waals surface area (Å²) >= 11 is 0. The average molecular weight is 269 g/mol. The number of pyridine rings is 1. The SMILES string of the molecule is COc1ncccc1NC1C(=O)Nc2ccc(C)cc21. The van der Waals surface area contributed by atoms with Gasteiger partial charge in [-0.15, -0.1) is 0 Å². The van der Waals surface area contributed by atoms with Crippen molar-refractivity contribution in [2.45, 2.75) is 13.0 Å². The van der Waals surface area contributed by atoms with Crippen LogP contribution in [0.25, 0.3) is 0 Å². The topological polar surface area (TPSA) is 63.2 Å². The van der Waals surface area contributed by atoms with E-state index in [0.29, 0.717) is 11.6 Å². The lowest BCUT2D eigenvalue weighted by molar-refractivity contribution is -0.116. The number of ether oxygens (including phenoxy) is 1. The summed E-state index contributed by atoms with van der Waals surface area (Å²) in [5, 5.41) is 6.06. The number of methoxy groups -OCH3 is 1. The van der Waals surface area contributed by atoms with Gasteiger partial charge in [-0.3, -0.25) is 4.79 Å². The fourth-order valence-electron chi connectivity index (χ4n) is 2.34. The number of aromatic nitrogens is 1. The molecule has 2 N–H and O–H groups in total. The minimum Gasteiger partial charge on any atom is -0.480 e. The normalized spacial score (nSPS) is 16.5. The van der Waals surface area contributed by atoms with Crippen molar-refractivity contribution in [3.05, 3.63) is 47.7 Å². The van der Waals surface area contributed by atoms with Crippen LogP contribution in [0.5, 0.6) is 5.88 Å². The van der Waals surface area contributed by atoms with Crippen molar-refractivity contribution < 1.29 is 9.53 Å². The summed E-state index contributed by atoms with van der Waals surface area (Å²) in [6.45, 7) is 2.00. The van der Waals surface area contributed by atoms with Crippen LogP contribution < -0.4 is 15.4 Å². The minimum atomic E-state index is -0.428. The standard InChI is InChI=1S/C15H15N3O2/c1-9-5-6-11-10(8-9)13(14(19)18-11)17-12-4-3-7-16-15(12)20-2/h3-8,13,17H,1-2H3,(H,18,19). The molecule has 5 heteroatoms. The lowest BCUT2D eigenvalue weighted by atomic mass is 10.1. The van der Waals surface area contributed by atoms with Crippen molar-refractivity contribution in [3.8, 4) is 5.88 Å². The number of rotatable bonds is 3. The molecule has 1 aliphatic rings. The van der Waals surface area contributed by atoms with E-state index in [-0.39, 0.29) is 5.91 Å². The molecule has 2 aromatic rings. The van der Waals surface area contributed by atoms with Gasteiger partial charge >= 0.3 is 0 Å². The van der Waals surface area contributed by atoms with Gasteiger partial charge < -0.3 is 15.4 Å². The van der Waals surface area contributed by atoms with Crippen LogP contribution in [0.1, 0.15) is 17.2 Å². The Balaban J connectivity index is 1.96. The van der Waals surface area contributed by atoms with Gasteiger partial charge in [0, 0.05) is 17.4 Å². The van der Waals surface area contributed by atoms with E-state index >= 15 is 0 Å². The largest absolute Gasteiger partial charge is 0.480 e. The third kappa shape index (κ3) is 2.07. The number of amides is 1. The second kappa shape index (κ2) is 4.85. The van der Waals surface area contributed by atoms with Crippen LogP contribution >= 0.6 is 0 Å². The van der Waals surface area contributed by atoms with Gasteiger partial charge in [0.15, 0.2) is 0 Å². The zero-order valence-corrected chi connectivity index (χ0v) is 11.3. The monoisotopic (exact) mass is 269 g/mol. The zero-order valence-electron chi connectivity index (χ0n) is 11.3. The van der Waals surface area contributed by atoms with E-state index < -0.39 is 6.04 Å². The Morgan fingerprint density at radius 2 is 2.20 bits per heavy atom. The second-order valence-electron chi connectivity index (χ2n) is 4.72. The Morgan fingerprint density at radius 3 is 3.00 bits per heavy atom. The highest BCUT2D eigenvalue weighted by Gasteiger charge is 2.31. The smallest absolute Gasteiger partial charge is 0.251 e. The summed E-state index contributed by atoms with van der Waals surface area (Å²) in [5.41, 5.74) is 3.61. The van der Waals surface area contributed by atoms with E-state index in [9.17, 15) is 4.79 Å². The molecule has 0 spiro atoms. The number of aryl methyl sites for hydroxylation is 1. The molecule has 0 saturated carbocycles. The molecule has 1 atom stereocenters. The maximum Gasteiger partial charge on any atom is 0.251 e. The molecule has 0 bridgehead atoms. The van der Waals surface area contributed by atoms with E-state index in [1.807, 2.05) is 31.2 Å². The van der Waals surface area contributed by atoms with E-state index in [0.717, 1.165) is 16.8 Å². The number of hydrogen-bond donors (Lipinski definition) is 2. The Kier molecular flexibility index (Phi) is 3.02. The number of fused-ring (bicyclic) bond motifs is 1. The molecular weight excluding hydrogens is 254 g/mol. The predicted molar refractivity (Wildman–Crippen MR) is 77.0 cm³/mol. The highest BCUT2D eigenvalue weighted by atomic mass is 16.5. The summed E-state index contributed by atoms with van der Waals surface area (Å²) in [6, 6.07) is 9.12. The first kappa shape index (κ1) is 12.5. The molecule has 5 nitrogen and oxygen atoms in total. The fourth-order valence-corrected chi connectivity index (χ4v) is 2.34. The highest BCUT2D eigenvalue weighted by molar-refractivity contribution is 6.04. The summed E-state index contributed by atoms with van der Waals surface area (Å²) in [6.07, 6.45) is 1.65. The van der Waals surface area contributed by atoms with Crippen LogP contribution in [0.2, 0.25) is 0 Å². The summed E-state index contributed by atoms with van der Waals surface area (Å²) in [5.74, 6) is 0.401. The van der Waals surface area contributed by atoms with E-state index in [4.69, 9.17) is 4.74 Å². The Bertz CT molecular complexity index is 670. The van der Waals surface area contributed by atoms with Crippen molar-refractivity contribution in [1.82, 2.24) is 4.98 Å². The van der Waals surface area contributed by atoms with Crippen LogP contribution in [0.4, 0.5) is 11.4 Å². The molecule has 1 amide bonds. The van der Waals surface area contributed by atoms with Gasteiger partial charge in [0.2, 0.25) is 5.88 Å². The average Bonchev–Trinajstić information content (AvgIpc) is 2.76. The number of anilines is 2. The molecule has 1 aliphatic heterocycles. The van der Waals surface area contributed by atoms with E-state index in [1.165, 1.54) is 0 Å². The molecule has 1 aromatic carbocycles. The molecule has 20 heavy (non-hydrogen) atoms. The number of hydrogen-bond acceptors (Lipinski definition) is 4. The first-order valence-electron chi connectivity index (χ1n) is 6.36. The molecule has 102 valence electrons. The number of carbonyl (C=O) groups excluding carboxylic acids is 1. The predicted octanol–water partition coefficient (Wildman–Crippen LogP) is 2.50. The van der Waals surface area contributed by atoms with Crippen LogP contribution in [0.15, 0.2) is 36.5 Å². The van der Waals surface area contributed by atoms with E-state index in [2.05, 4.69) is 15.6 Å². The van der Waals surface area contributed by atoms with Crippen molar-refractivity contribution in [2.24, 2.45) is 0 Å². The van der Waals surface area contributed by atoms with Crippen LogP contribution in [0.3, 0.4) is 0 Å². The minimum absolute atomic E-state index is 0.0727. The van der Waals surface area contributed by atoms with Crippen molar-refractivity contribution >= 4 is 17.3 Å². The third-order valence-electron chi connectivity index (χ3n) is 3.30. The fraction of sp³-hybridized carbons (Fsp3) is 0.200. The molecule has 1 unspecified atom stereocenters. The summed E-state index contributed by atoms with van der Waals surface area (Å²) in [4.78, 5) is 16.2. The Labute approximate surface area is 117 Å². The lowest BCUT2D eigenvalue weighted by Crippen LogP contribution is -2.20. The van der Waals surface area contributed by atoms with Crippen molar-refractivity contribution in [2.75, 3.05) is 17.7 Å². The summed E-state index contributed by atoms with van der Waals surface area (Å²) < 4.78 is 5.20. The number of nitrogens with zero attached hydrogens (tertiary/aromatic N) is 1. The van der Waals surface area contributed by atoms with Crippen molar-refractivity contribution in [3.63, 3.8) is 0 Å². The summed E-state index contributed by atoms with van der Waals surface area (Å²) in [7, 11) is 1.56. The van der Waals surface area contributed by atoms with Crippen molar-refractivity contribution in [1.29, 1.82) is 0 Å². The van der Waals surface area contributed by atoms with Gasteiger partial charge in [-0.1, -0.05) is 17.7 Å². The molecule has 0 saturated heterocycles. The van der Waals surface area contributed by atoms with Gasteiger partial charge in [-0.05, 0) is 25.1 Å². The number of carbonyl (C=O) groups is 1. The molecular formula is C15H15N3O2. The molecule has 0 radical (unpaired) electrons. The maximum atomic E-state index is 12.1. The first-order chi connectivity index (χ1) is 9.69. The quantitative estimate of drug-likeness (QED) is 0.898. The highest BCUT2D eigenvalue weighted by Crippen LogP contribution is 2.35. The number of nitrogens with one attached hydrogen (secondary N) is 2. The molecule has 0 aliphatic carbocycles. The second-order valence-corrected chi connectivity index (χ2v) is 4.72. The van der Waals surface area contributed by atoms with Crippen LogP contribution in [-0.2, 0) is 4.79 Å². The Hall–Kier alpha value is -2.56. The van der Waals surface area contributed by atoms with Gasteiger partial charge in [0.1, 0.15) is 6.04 Å². The third-order valence-corrected chi connectivity index (χ3v) is 3.30. The number of benzene rings is 1. The molecule has 2 heterocycles. The molecule has 3 rings (SSSR count). The van der Waals surface area contributed by atoms with Gasteiger partial charge in [0.05, 0.1) is 12.8 Å². The van der Waals surface area contributed by atoms with Gasteiger partial charge in [-0.2, -0.15) is 0 Å². The van der Waals surface area contributed by atoms with E-state index in [1.54, 1.807) is 19.4 Å². The first-order valence-corrected chi connectivity index (χ1v) is 6.36. The van der Waals surface area contributed by atoms with Gasteiger partial charge in [0.25, 0.3) is 5.91 Å². The lowest BCUT2D eigenvalue weighted by Gasteiger charge is -2.15. The van der Waals surface area contributed by atoms with Gasteiger partial charge in [-0.25, -0.2) is 4.98 Å². The maximum absolute atomic E-state index is 12.1. The molecule has 1 aromatic heterocycles.